The number of benzene rings is 2. The first-order chi connectivity index (χ1) is 11.5. The fourth-order valence-electron chi connectivity index (χ4n) is 2.71. The predicted molar refractivity (Wildman–Crippen MR) is 98.1 cm³/mol. The first-order valence-electron chi connectivity index (χ1n) is 8.48. The molecule has 0 spiro atoms. The highest BCUT2D eigenvalue weighted by atomic mass is 16.6. The van der Waals surface area contributed by atoms with E-state index in [-0.39, 0.29) is 12.5 Å². The summed E-state index contributed by atoms with van der Waals surface area (Å²) in [7, 11) is 0. The molecule has 0 aliphatic rings. The van der Waals surface area contributed by atoms with Gasteiger partial charge in [0.15, 0.2) is 0 Å². The average molecular weight is 325 g/mol. The molecule has 0 saturated heterocycles. The van der Waals surface area contributed by atoms with Crippen LogP contribution in [0.25, 0.3) is 0 Å². The molecule has 0 radical (unpaired) electrons. The van der Waals surface area contributed by atoms with E-state index in [1.165, 1.54) is 11.1 Å². The van der Waals surface area contributed by atoms with Crippen molar-refractivity contribution in [2.75, 3.05) is 13.1 Å². The summed E-state index contributed by atoms with van der Waals surface area (Å²) in [6.07, 6.45) is 0.927. The van der Waals surface area contributed by atoms with Crippen LogP contribution in [-0.4, -0.2) is 24.7 Å². The maximum absolute atomic E-state index is 11.8. The van der Waals surface area contributed by atoms with Gasteiger partial charge in [-0.2, -0.15) is 0 Å². The Kier molecular flexibility index (Phi) is 6.56. The molecule has 2 aromatic carbocycles. The van der Waals surface area contributed by atoms with E-state index >= 15 is 0 Å². The molecule has 0 heterocycles. The summed E-state index contributed by atoms with van der Waals surface area (Å²) >= 11 is 0. The summed E-state index contributed by atoms with van der Waals surface area (Å²) in [5, 5.41) is 3.20. The minimum absolute atomic E-state index is 0.210. The maximum atomic E-state index is 11.8. The third-order valence-electron chi connectivity index (χ3n) is 3.70. The first kappa shape index (κ1) is 18.2. The highest BCUT2D eigenvalue weighted by Gasteiger charge is 2.17. The first-order valence-corrected chi connectivity index (χ1v) is 8.48. The SMILES string of the molecule is CC(C)(C)OC(=O)CNCCC(c1ccccc1)c1ccccc1. The summed E-state index contributed by atoms with van der Waals surface area (Å²) < 4.78 is 5.31. The van der Waals surface area contributed by atoms with Crippen LogP contribution in [0.2, 0.25) is 0 Å². The Morgan fingerprint density at radius 1 is 0.958 bits per heavy atom. The highest BCUT2D eigenvalue weighted by molar-refractivity contribution is 5.72. The van der Waals surface area contributed by atoms with Gasteiger partial charge in [0.1, 0.15) is 5.60 Å². The lowest BCUT2D eigenvalue weighted by atomic mass is 9.88. The Bertz CT molecular complexity index is 578. The normalized spacial score (nSPS) is 11.5. The maximum Gasteiger partial charge on any atom is 0.320 e. The monoisotopic (exact) mass is 325 g/mol. The summed E-state index contributed by atoms with van der Waals surface area (Å²) in [4.78, 5) is 11.8. The van der Waals surface area contributed by atoms with E-state index in [0.29, 0.717) is 5.92 Å². The summed E-state index contributed by atoms with van der Waals surface area (Å²) in [6.45, 7) is 6.64. The number of hydrogen-bond acceptors (Lipinski definition) is 3. The Morgan fingerprint density at radius 2 is 1.46 bits per heavy atom. The molecular weight excluding hydrogens is 298 g/mol. The molecule has 0 unspecified atom stereocenters. The molecular formula is C21H27NO2. The molecule has 2 rings (SSSR count). The summed E-state index contributed by atoms with van der Waals surface area (Å²) in [5.41, 5.74) is 2.15. The zero-order valence-corrected chi connectivity index (χ0v) is 14.8. The second-order valence-electron chi connectivity index (χ2n) is 6.93. The van der Waals surface area contributed by atoms with Gasteiger partial charge in [0, 0.05) is 5.92 Å². The number of carbonyl (C=O) groups excluding carboxylic acids is 1. The van der Waals surface area contributed by atoms with Gasteiger partial charge in [0.2, 0.25) is 0 Å². The molecule has 0 aliphatic carbocycles. The summed E-state index contributed by atoms with van der Waals surface area (Å²) in [6, 6.07) is 21.0. The van der Waals surface area contributed by atoms with Gasteiger partial charge in [-0.05, 0) is 44.9 Å². The van der Waals surface area contributed by atoms with E-state index in [0.717, 1.165) is 13.0 Å². The minimum Gasteiger partial charge on any atom is -0.459 e. The van der Waals surface area contributed by atoms with E-state index in [1.54, 1.807) is 0 Å². The lowest BCUT2D eigenvalue weighted by Gasteiger charge is -2.20. The molecule has 0 fully saturated rings. The Balaban J connectivity index is 1.92. The van der Waals surface area contributed by atoms with Crippen molar-refractivity contribution in [3.8, 4) is 0 Å². The second-order valence-corrected chi connectivity index (χ2v) is 6.93. The van der Waals surface area contributed by atoms with Crippen molar-refractivity contribution in [2.24, 2.45) is 0 Å². The second kappa shape index (κ2) is 8.65. The highest BCUT2D eigenvalue weighted by Crippen LogP contribution is 2.27. The van der Waals surface area contributed by atoms with Crippen LogP contribution in [0.5, 0.6) is 0 Å². The zero-order valence-electron chi connectivity index (χ0n) is 14.8. The quantitative estimate of drug-likeness (QED) is 0.614. The van der Waals surface area contributed by atoms with Crippen molar-refractivity contribution in [1.29, 1.82) is 0 Å². The lowest BCUT2D eigenvalue weighted by molar-refractivity contribution is -0.153. The standard InChI is InChI=1S/C21H27NO2/c1-21(2,3)24-20(23)16-22-15-14-19(17-10-6-4-7-11-17)18-12-8-5-9-13-18/h4-13,19,22H,14-16H2,1-3H3. The molecule has 3 heteroatoms. The van der Waals surface area contributed by atoms with Crippen LogP contribution in [-0.2, 0) is 9.53 Å². The third kappa shape index (κ3) is 6.17. The van der Waals surface area contributed by atoms with Gasteiger partial charge in [0.25, 0.3) is 0 Å². The van der Waals surface area contributed by atoms with Gasteiger partial charge in [-0.25, -0.2) is 0 Å². The Morgan fingerprint density at radius 3 is 1.92 bits per heavy atom. The van der Waals surface area contributed by atoms with Gasteiger partial charge in [-0.1, -0.05) is 60.7 Å². The third-order valence-corrected chi connectivity index (χ3v) is 3.70. The van der Waals surface area contributed by atoms with Crippen molar-refractivity contribution < 1.29 is 9.53 Å². The number of nitrogens with one attached hydrogen (secondary N) is 1. The number of ether oxygens (including phenoxy) is 1. The molecule has 0 aromatic heterocycles. The molecule has 0 saturated carbocycles. The van der Waals surface area contributed by atoms with Crippen LogP contribution in [0, 0.1) is 0 Å². The van der Waals surface area contributed by atoms with Crippen LogP contribution in [0.4, 0.5) is 0 Å². The van der Waals surface area contributed by atoms with Crippen LogP contribution in [0.15, 0.2) is 60.7 Å². The molecule has 1 N–H and O–H groups in total. The van der Waals surface area contributed by atoms with E-state index in [9.17, 15) is 4.79 Å². The number of carbonyl (C=O) groups is 1. The lowest BCUT2D eigenvalue weighted by Crippen LogP contribution is -2.32. The Hall–Kier alpha value is -2.13. The van der Waals surface area contributed by atoms with Crippen molar-refractivity contribution >= 4 is 5.97 Å². The van der Waals surface area contributed by atoms with Crippen molar-refractivity contribution in [3.63, 3.8) is 0 Å². The van der Waals surface area contributed by atoms with Gasteiger partial charge in [-0.15, -0.1) is 0 Å². The smallest absolute Gasteiger partial charge is 0.320 e. The molecule has 128 valence electrons. The predicted octanol–water partition coefficient (Wildman–Crippen LogP) is 4.14. The van der Waals surface area contributed by atoms with Crippen LogP contribution in [0.1, 0.15) is 44.2 Å². The van der Waals surface area contributed by atoms with Crippen molar-refractivity contribution in [2.45, 2.75) is 38.7 Å². The van der Waals surface area contributed by atoms with Crippen LogP contribution >= 0.6 is 0 Å². The van der Waals surface area contributed by atoms with Gasteiger partial charge < -0.3 is 10.1 Å². The molecule has 3 nitrogen and oxygen atoms in total. The minimum atomic E-state index is -0.435. The number of rotatable bonds is 7. The van der Waals surface area contributed by atoms with Gasteiger partial charge >= 0.3 is 5.97 Å². The molecule has 2 aromatic rings. The fourth-order valence-corrected chi connectivity index (χ4v) is 2.71. The van der Waals surface area contributed by atoms with E-state index in [2.05, 4.69) is 53.8 Å². The molecule has 24 heavy (non-hydrogen) atoms. The fraction of sp³-hybridized carbons (Fsp3) is 0.381. The van der Waals surface area contributed by atoms with Crippen LogP contribution < -0.4 is 5.32 Å². The Labute approximate surface area is 145 Å². The van der Waals surface area contributed by atoms with E-state index in [1.807, 2.05) is 32.9 Å². The zero-order chi connectivity index (χ0) is 17.4. The number of hydrogen-bond donors (Lipinski definition) is 1. The molecule has 0 bridgehead atoms. The molecule has 0 amide bonds. The topological polar surface area (TPSA) is 38.3 Å². The van der Waals surface area contributed by atoms with Crippen molar-refractivity contribution in [1.82, 2.24) is 5.32 Å². The van der Waals surface area contributed by atoms with E-state index in [4.69, 9.17) is 4.74 Å². The molecule has 0 aliphatic heterocycles. The van der Waals surface area contributed by atoms with Gasteiger partial charge in [-0.3, -0.25) is 4.79 Å². The average Bonchev–Trinajstić information content (AvgIpc) is 2.55. The van der Waals surface area contributed by atoms with Crippen LogP contribution in [0.3, 0.4) is 0 Å². The van der Waals surface area contributed by atoms with Gasteiger partial charge in [0.05, 0.1) is 6.54 Å². The molecule has 0 atom stereocenters. The summed E-state index contributed by atoms with van der Waals surface area (Å²) in [5.74, 6) is 0.108. The van der Waals surface area contributed by atoms with E-state index < -0.39 is 5.60 Å². The van der Waals surface area contributed by atoms with Crippen molar-refractivity contribution in [3.05, 3.63) is 71.8 Å². The number of esters is 1. The largest absolute Gasteiger partial charge is 0.459 e.